The zero-order valence-electron chi connectivity index (χ0n) is 13.3. The Hall–Kier alpha value is -2.16. The molecule has 0 aromatic rings. The Labute approximate surface area is 134 Å². The van der Waals surface area contributed by atoms with Crippen LogP contribution in [0.2, 0.25) is 0 Å². The van der Waals surface area contributed by atoms with Crippen LogP contribution in [0.1, 0.15) is 33.1 Å². The molecule has 1 saturated heterocycles. The maximum Gasteiger partial charge on any atom is 0.326 e. The lowest BCUT2D eigenvalue weighted by Gasteiger charge is -2.28. The molecule has 1 aliphatic rings. The molecule has 3 amide bonds. The van der Waals surface area contributed by atoms with E-state index in [-0.39, 0.29) is 12.3 Å². The number of carboxylic acids is 1. The molecule has 0 bridgehead atoms. The molecule has 3 atom stereocenters. The van der Waals surface area contributed by atoms with Crippen LogP contribution in [0.15, 0.2) is 0 Å². The molecule has 0 spiro atoms. The molecule has 0 saturated carbocycles. The van der Waals surface area contributed by atoms with E-state index in [0.717, 1.165) is 0 Å². The molecule has 130 valence electrons. The maximum atomic E-state index is 12.3. The second kappa shape index (κ2) is 7.91. The zero-order chi connectivity index (χ0) is 17.7. The number of nitrogens with two attached hydrogens (primary N) is 2. The Morgan fingerprint density at radius 3 is 2.39 bits per heavy atom. The minimum absolute atomic E-state index is 0.292. The molecular weight excluding hydrogens is 304 g/mol. The number of nitrogens with one attached hydrogen (secondary N) is 1. The number of primary amides is 1. The Balaban J connectivity index is 2.77. The first-order chi connectivity index (χ1) is 10.6. The molecular formula is C14H24N4O5. The van der Waals surface area contributed by atoms with Crippen LogP contribution in [0.3, 0.4) is 0 Å². The van der Waals surface area contributed by atoms with Crippen molar-refractivity contribution in [2.45, 2.75) is 51.2 Å². The fourth-order valence-electron chi connectivity index (χ4n) is 2.58. The van der Waals surface area contributed by atoms with Crippen LogP contribution in [-0.2, 0) is 19.2 Å². The van der Waals surface area contributed by atoms with E-state index in [9.17, 15) is 19.2 Å². The van der Waals surface area contributed by atoms with Crippen molar-refractivity contribution in [1.29, 1.82) is 0 Å². The van der Waals surface area contributed by atoms with Gasteiger partial charge in [-0.2, -0.15) is 0 Å². The third-order valence-electron chi connectivity index (χ3n) is 3.81. The largest absolute Gasteiger partial charge is 0.480 e. The molecule has 1 fully saturated rings. The van der Waals surface area contributed by atoms with Gasteiger partial charge in [0.1, 0.15) is 12.1 Å². The quantitative estimate of drug-likeness (QED) is 0.441. The Kier molecular flexibility index (Phi) is 6.49. The standard InChI is InChI=1S/C14H24N4O5/c1-7(2)11(14(22)23)17-12(20)9-4-3-5-18(9)13(21)8(15)6-10(16)19/h7-9,11H,3-6,15H2,1-2H3,(H2,16,19)(H,17,20)(H,22,23). The summed E-state index contributed by atoms with van der Waals surface area (Å²) in [4.78, 5) is 47.9. The van der Waals surface area contributed by atoms with Crippen LogP contribution in [0.4, 0.5) is 0 Å². The number of amides is 3. The van der Waals surface area contributed by atoms with Gasteiger partial charge in [-0.1, -0.05) is 13.8 Å². The summed E-state index contributed by atoms with van der Waals surface area (Å²) in [5.74, 6) is -3.17. The van der Waals surface area contributed by atoms with Crippen molar-refractivity contribution in [2.24, 2.45) is 17.4 Å². The highest BCUT2D eigenvalue weighted by atomic mass is 16.4. The van der Waals surface area contributed by atoms with Gasteiger partial charge < -0.3 is 26.8 Å². The number of carbonyl (C=O) groups excluding carboxylic acids is 3. The number of hydrogen-bond acceptors (Lipinski definition) is 5. The highest BCUT2D eigenvalue weighted by Gasteiger charge is 2.38. The number of nitrogens with zero attached hydrogens (tertiary/aromatic N) is 1. The van der Waals surface area contributed by atoms with Crippen molar-refractivity contribution in [3.8, 4) is 0 Å². The van der Waals surface area contributed by atoms with E-state index in [2.05, 4.69) is 5.32 Å². The van der Waals surface area contributed by atoms with E-state index in [4.69, 9.17) is 16.6 Å². The molecule has 1 rings (SSSR count). The van der Waals surface area contributed by atoms with E-state index in [0.29, 0.717) is 19.4 Å². The van der Waals surface area contributed by atoms with Crippen molar-refractivity contribution in [2.75, 3.05) is 6.54 Å². The van der Waals surface area contributed by atoms with Gasteiger partial charge in [-0.05, 0) is 18.8 Å². The summed E-state index contributed by atoms with van der Waals surface area (Å²) >= 11 is 0. The number of carboxylic acid groups (broad SMARTS) is 1. The number of aliphatic carboxylic acids is 1. The summed E-state index contributed by atoms with van der Waals surface area (Å²) < 4.78 is 0. The van der Waals surface area contributed by atoms with E-state index >= 15 is 0 Å². The summed E-state index contributed by atoms with van der Waals surface area (Å²) in [6.45, 7) is 3.70. The summed E-state index contributed by atoms with van der Waals surface area (Å²) in [7, 11) is 0. The number of hydrogen-bond donors (Lipinski definition) is 4. The lowest BCUT2D eigenvalue weighted by Crippen LogP contribution is -2.55. The van der Waals surface area contributed by atoms with Gasteiger partial charge in [0, 0.05) is 6.54 Å². The van der Waals surface area contributed by atoms with Gasteiger partial charge in [-0.3, -0.25) is 14.4 Å². The van der Waals surface area contributed by atoms with Crippen molar-refractivity contribution in [1.82, 2.24) is 10.2 Å². The minimum atomic E-state index is -1.13. The van der Waals surface area contributed by atoms with Crippen molar-refractivity contribution in [3.05, 3.63) is 0 Å². The number of likely N-dealkylation sites (tertiary alicyclic amines) is 1. The van der Waals surface area contributed by atoms with Crippen LogP contribution < -0.4 is 16.8 Å². The lowest BCUT2D eigenvalue weighted by molar-refractivity contribution is -0.145. The topological polar surface area (TPSA) is 156 Å². The van der Waals surface area contributed by atoms with Gasteiger partial charge >= 0.3 is 5.97 Å². The van der Waals surface area contributed by atoms with Gasteiger partial charge in [0.25, 0.3) is 0 Å². The number of carbonyl (C=O) groups is 4. The van der Waals surface area contributed by atoms with Crippen molar-refractivity contribution >= 4 is 23.7 Å². The van der Waals surface area contributed by atoms with Crippen molar-refractivity contribution in [3.63, 3.8) is 0 Å². The zero-order valence-corrected chi connectivity index (χ0v) is 13.3. The molecule has 9 nitrogen and oxygen atoms in total. The van der Waals surface area contributed by atoms with Gasteiger partial charge in [0.05, 0.1) is 12.5 Å². The number of rotatable bonds is 7. The van der Waals surface area contributed by atoms with Crippen molar-refractivity contribution < 1.29 is 24.3 Å². The Morgan fingerprint density at radius 2 is 1.91 bits per heavy atom. The average molecular weight is 328 g/mol. The SMILES string of the molecule is CC(C)C(NC(=O)C1CCCN1C(=O)C(N)CC(N)=O)C(=O)O. The summed E-state index contributed by atoms with van der Waals surface area (Å²) in [6.07, 6.45) is 0.727. The van der Waals surface area contributed by atoms with Crippen LogP contribution in [-0.4, -0.2) is 58.4 Å². The fraction of sp³-hybridized carbons (Fsp3) is 0.714. The van der Waals surface area contributed by atoms with Gasteiger partial charge in [0.2, 0.25) is 17.7 Å². The summed E-state index contributed by atoms with van der Waals surface area (Å²) in [5, 5.41) is 11.6. The molecule has 0 aromatic carbocycles. The molecule has 9 heteroatoms. The third-order valence-corrected chi connectivity index (χ3v) is 3.81. The van der Waals surface area contributed by atoms with Gasteiger partial charge in [-0.25, -0.2) is 4.79 Å². The second-order valence-corrected chi connectivity index (χ2v) is 6.04. The fourth-order valence-corrected chi connectivity index (χ4v) is 2.58. The average Bonchev–Trinajstić information content (AvgIpc) is 2.91. The first-order valence-electron chi connectivity index (χ1n) is 7.52. The smallest absolute Gasteiger partial charge is 0.326 e. The predicted octanol–water partition coefficient (Wildman–Crippen LogP) is -1.59. The van der Waals surface area contributed by atoms with Crippen LogP contribution >= 0.6 is 0 Å². The minimum Gasteiger partial charge on any atom is -0.480 e. The first kappa shape index (κ1) is 18.9. The molecule has 1 aliphatic heterocycles. The monoisotopic (exact) mass is 328 g/mol. The van der Waals surface area contributed by atoms with E-state index < -0.39 is 41.8 Å². The highest BCUT2D eigenvalue weighted by molar-refractivity contribution is 5.93. The van der Waals surface area contributed by atoms with E-state index in [1.165, 1.54) is 4.90 Å². The molecule has 1 heterocycles. The van der Waals surface area contributed by atoms with Crippen LogP contribution in [0, 0.1) is 5.92 Å². The molecule has 23 heavy (non-hydrogen) atoms. The van der Waals surface area contributed by atoms with Crippen LogP contribution in [0.25, 0.3) is 0 Å². The maximum absolute atomic E-state index is 12.3. The summed E-state index contributed by atoms with van der Waals surface area (Å²) in [5.41, 5.74) is 10.7. The Bertz CT molecular complexity index is 494. The molecule has 6 N–H and O–H groups in total. The van der Waals surface area contributed by atoms with Gasteiger partial charge in [0.15, 0.2) is 0 Å². The normalized spacial score (nSPS) is 20.2. The molecule has 0 aliphatic carbocycles. The lowest BCUT2D eigenvalue weighted by atomic mass is 10.0. The van der Waals surface area contributed by atoms with Gasteiger partial charge in [-0.15, -0.1) is 0 Å². The first-order valence-corrected chi connectivity index (χ1v) is 7.52. The third kappa shape index (κ3) is 4.92. The molecule has 3 unspecified atom stereocenters. The highest BCUT2D eigenvalue weighted by Crippen LogP contribution is 2.19. The van der Waals surface area contributed by atoms with Crippen LogP contribution in [0.5, 0.6) is 0 Å². The molecule has 0 radical (unpaired) electrons. The van der Waals surface area contributed by atoms with E-state index in [1.54, 1.807) is 13.8 Å². The Morgan fingerprint density at radius 1 is 1.30 bits per heavy atom. The summed E-state index contributed by atoms with van der Waals surface area (Å²) in [6, 6.07) is -2.90. The van der Waals surface area contributed by atoms with E-state index in [1.807, 2.05) is 0 Å². The second-order valence-electron chi connectivity index (χ2n) is 6.04. The predicted molar refractivity (Wildman–Crippen MR) is 80.9 cm³/mol. The molecule has 0 aromatic heterocycles.